The maximum absolute atomic E-state index is 11.9. The van der Waals surface area contributed by atoms with Crippen molar-refractivity contribution in [2.75, 3.05) is 20.1 Å². The van der Waals surface area contributed by atoms with Crippen LogP contribution >= 0.6 is 0 Å². The molecule has 1 saturated heterocycles. The molecule has 1 aromatic rings. The monoisotopic (exact) mass is 275 g/mol. The first-order valence-electron chi connectivity index (χ1n) is 7.36. The van der Waals surface area contributed by atoms with E-state index in [0.717, 1.165) is 26.1 Å². The van der Waals surface area contributed by atoms with Gasteiger partial charge in [-0.25, -0.2) is 0 Å². The Morgan fingerprint density at radius 3 is 2.80 bits per heavy atom. The number of nitrogens with zero attached hydrogens (tertiary/aromatic N) is 2. The van der Waals surface area contributed by atoms with E-state index in [1.807, 2.05) is 13.1 Å². The van der Waals surface area contributed by atoms with Crippen molar-refractivity contribution in [3.8, 4) is 0 Å². The summed E-state index contributed by atoms with van der Waals surface area (Å²) in [6.45, 7) is 4.59. The first-order valence-corrected chi connectivity index (χ1v) is 7.36. The fraction of sp³-hybridized carbons (Fsp3) is 0.562. The lowest BCUT2D eigenvalue weighted by Gasteiger charge is -2.29. The highest BCUT2D eigenvalue weighted by Crippen LogP contribution is 2.20. The minimum Gasteiger partial charge on any atom is -0.343 e. The third-order valence-electron chi connectivity index (χ3n) is 3.98. The summed E-state index contributed by atoms with van der Waals surface area (Å²) in [5.74, 6) is 0.0246. The Morgan fingerprint density at radius 1 is 1.45 bits per heavy atom. The quantitative estimate of drug-likeness (QED) is 0.885. The van der Waals surface area contributed by atoms with E-state index in [-0.39, 0.29) is 5.91 Å². The summed E-state index contributed by atoms with van der Waals surface area (Å²) in [6, 6.07) is 10.5. The number of benzene rings is 1. The van der Waals surface area contributed by atoms with Crippen LogP contribution in [0.2, 0.25) is 0 Å². The predicted molar refractivity (Wildman–Crippen MR) is 81.2 cm³/mol. The fourth-order valence-corrected chi connectivity index (χ4v) is 2.88. The molecular formula is C16H25N3O. The van der Waals surface area contributed by atoms with Crippen molar-refractivity contribution >= 4 is 5.91 Å². The number of likely N-dealkylation sites (N-methyl/N-ethyl adjacent to an activating group) is 1. The van der Waals surface area contributed by atoms with Gasteiger partial charge < -0.3 is 10.6 Å². The smallest absolute Gasteiger partial charge is 0.238 e. The van der Waals surface area contributed by atoms with Gasteiger partial charge in [0, 0.05) is 26.2 Å². The third-order valence-corrected chi connectivity index (χ3v) is 3.98. The Bertz CT molecular complexity index is 433. The highest BCUT2D eigenvalue weighted by molar-refractivity contribution is 5.80. The van der Waals surface area contributed by atoms with Crippen LogP contribution in [0.3, 0.4) is 0 Å². The second-order valence-corrected chi connectivity index (χ2v) is 5.76. The molecule has 1 aliphatic rings. The molecule has 110 valence electrons. The van der Waals surface area contributed by atoms with Crippen molar-refractivity contribution in [2.24, 2.45) is 5.73 Å². The Hall–Kier alpha value is -1.39. The van der Waals surface area contributed by atoms with Crippen molar-refractivity contribution in [3.05, 3.63) is 35.9 Å². The number of rotatable bonds is 5. The molecule has 0 bridgehead atoms. The van der Waals surface area contributed by atoms with Crippen LogP contribution in [0, 0.1) is 0 Å². The normalized spacial score (nSPS) is 20.9. The molecule has 0 aromatic heterocycles. The Labute approximate surface area is 121 Å². The molecule has 1 heterocycles. The molecule has 2 atom stereocenters. The topological polar surface area (TPSA) is 49.6 Å². The summed E-state index contributed by atoms with van der Waals surface area (Å²) in [7, 11) is 1.85. The molecule has 4 heteroatoms. The summed E-state index contributed by atoms with van der Waals surface area (Å²) >= 11 is 0. The van der Waals surface area contributed by atoms with Gasteiger partial charge >= 0.3 is 0 Å². The van der Waals surface area contributed by atoms with Crippen molar-refractivity contribution in [1.82, 2.24) is 9.80 Å². The van der Waals surface area contributed by atoms with Crippen LogP contribution in [0.5, 0.6) is 0 Å². The molecule has 1 aromatic carbocycles. The van der Waals surface area contributed by atoms with Crippen LogP contribution in [0.4, 0.5) is 0 Å². The molecule has 1 amide bonds. The first-order chi connectivity index (χ1) is 9.58. The predicted octanol–water partition coefficient (Wildman–Crippen LogP) is 1.46. The largest absolute Gasteiger partial charge is 0.343 e. The van der Waals surface area contributed by atoms with E-state index in [0.29, 0.717) is 6.04 Å². The molecule has 2 N–H and O–H groups in total. The molecule has 1 fully saturated rings. The van der Waals surface area contributed by atoms with E-state index in [1.54, 1.807) is 11.8 Å². The lowest BCUT2D eigenvalue weighted by Crippen LogP contribution is -2.46. The SMILES string of the molecule is CC(N)C(=O)N(C)C[C@@H]1CCCN1Cc1ccccc1. The van der Waals surface area contributed by atoms with Gasteiger partial charge in [0.25, 0.3) is 0 Å². The number of carbonyl (C=O) groups excluding carboxylic acids is 1. The van der Waals surface area contributed by atoms with E-state index < -0.39 is 6.04 Å². The van der Waals surface area contributed by atoms with Gasteiger partial charge in [-0.2, -0.15) is 0 Å². The minimum absolute atomic E-state index is 0.0246. The van der Waals surface area contributed by atoms with Crippen LogP contribution in [0.1, 0.15) is 25.3 Å². The van der Waals surface area contributed by atoms with E-state index >= 15 is 0 Å². The van der Waals surface area contributed by atoms with Crippen LogP contribution in [0.25, 0.3) is 0 Å². The van der Waals surface area contributed by atoms with E-state index in [1.165, 1.54) is 12.0 Å². The van der Waals surface area contributed by atoms with Crippen LogP contribution in [-0.2, 0) is 11.3 Å². The number of carbonyl (C=O) groups is 1. The van der Waals surface area contributed by atoms with Gasteiger partial charge in [-0.15, -0.1) is 0 Å². The zero-order valence-corrected chi connectivity index (χ0v) is 12.5. The van der Waals surface area contributed by atoms with Crippen LogP contribution < -0.4 is 5.73 Å². The van der Waals surface area contributed by atoms with Crippen molar-refractivity contribution in [3.63, 3.8) is 0 Å². The maximum atomic E-state index is 11.9. The van der Waals surface area contributed by atoms with Gasteiger partial charge in [0.15, 0.2) is 0 Å². The molecule has 1 unspecified atom stereocenters. The Kier molecular flexibility index (Phi) is 5.15. The van der Waals surface area contributed by atoms with E-state index in [9.17, 15) is 4.79 Å². The van der Waals surface area contributed by atoms with E-state index in [4.69, 9.17) is 5.73 Å². The second-order valence-electron chi connectivity index (χ2n) is 5.76. The zero-order valence-electron chi connectivity index (χ0n) is 12.5. The third kappa shape index (κ3) is 3.81. The number of nitrogens with two attached hydrogens (primary N) is 1. The summed E-state index contributed by atoms with van der Waals surface area (Å²) < 4.78 is 0. The molecule has 1 aliphatic heterocycles. The van der Waals surface area contributed by atoms with Crippen molar-refractivity contribution in [2.45, 2.75) is 38.4 Å². The van der Waals surface area contributed by atoms with Crippen molar-refractivity contribution in [1.29, 1.82) is 0 Å². The molecule has 0 aliphatic carbocycles. The lowest BCUT2D eigenvalue weighted by molar-refractivity contribution is -0.131. The molecular weight excluding hydrogens is 250 g/mol. The number of likely N-dealkylation sites (tertiary alicyclic amines) is 1. The fourth-order valence-electron chi connectivity index (χ4n) is 2.88. The lowest BCUT2D eigenvalue weighted by atomic mass is 10.1. The number of hydrogen-bond donors (Lipinski definition) is 1. The second kappa shape index (κ2) is 6.86. The summed E-state index contributed by atoms with van der Waals surface area (Å²) in [5.41, 5.74) is 7.00. The van der Waals surface area contributed by atoms with Gasteiger partial charge in [-0.3, -0.25) is 9.69 Å². The molecule has 2 rings (SSSR count). The number of amides is 1. The minimum atomic E-state index is -0.413. The molecule has 20 heavy (non-hydrogen) atoms. The molecule has 0 spiro atoms. The Balaban J connectivity index is 1.92. The summed E-state index contributed by atoms with van der Waals surface area (Å²) in [6.07, 6.45) is 2.36. The van der Waals surface area contributed by atoms with Gasteiger partial charge in [0.1, 0.15) is 0 Å². The molecule has 0 radical (unpaired) electrons. The molecule has 0 saturated carbocycles. The average Bonchev–Trinajstić information content (AvgIpc) is 2.86. The van der Waals surface area contributed by atoms with E-state index in [2.05, 4.69) is 29.2 Å². The van der Waals surface area contributed by atoms with Gasteiger partial charge in [0.2, 0.25) is 5.91 Å². The number of hydrogen-bond acceptors (Lipinski definition) is 3. The zero-order chi connectivity index (χ0) is 14.5. The standard InChI is InChI=1S/C16H25N3O/c1-13(17)16(20)18(2)12-15-9-6-10-19(15)11-14-7-4-3-5-8-14/h3-5,7-8,13,15H,6,9-12,17H2,1-2H3/t13?,15-/m0/s1. The maximum Gasteiger partial charge on any atom is 0.238 e. The van der Waals surface area contributed by atoms with Crippen LogP contribution in [0.15, 0.2) is 30.3 Å². The molecule has 4 nitrogen and oxygen atoms in total. The van der Waals surface area contributed by atoms with Crippen LogP contribution in [-0.4, -0.2) is 47.9 Å². The van der Waals surface area contributed by atoms with Crippen molar-refractivity contribution < 1.29 is 4.79 Å². The highest BCUT2D eigenvalue weighted by Gasteiger charge is 2.27. The first kappa shape index (κ1) is 15.0. The summed E-state index contributed by atoms with van der Waals surface area (Å²) in [4.78, 5) is 16.1. The Morgan fingerprint density at radius 2 is 2.15 bits per heavy atom. The summed E-state index contributed by atoms with van der Waals surface area (Å²) in [5, 5.41) is 0. The van der Waals surface area contributed by atoms with Gasteiger partial charge in [-0.05, 0) is 31.9 Å². The average molecular weight is 275 g/mol. The van der Waals surface area contributed by atoms with Gasteiger partial charge in [0.05, 0.1) is 6.04 Å². The van der Waals surface area contributed by atoms with Gasteiger partial charge in [-0.1, -0.05) is 30.3 Å². The highest BCUT2D eigenvalue weighted by atomic mass is 16.2.